The molecule has 0 amide bonds. The van der Waals surface area contributed by atoms with Crippen LogP contribution in [0.1, 0.15) is 5.56 Å². The van der Waals surface area contributed by atoms with E-state index in [0.717, 1.165) is 16.5 Å². The number of hydrogen-bond acceptors (Lipinski definition) is 4. The van der Waals surface area contributed by atoms with Gasteiger partial charge >= 0.3 is 0 Å². The fourth-order valence-corrected chi connectivity index (χ4v) is 2.65. The molecule has 0 fully saturated rings. The second kappa shape index (κ2) is 9.12. The topological polar surface area (TPSA) is 79.7 Å². The average molecular weight is 378 g/mol. The number of ether oxygens (including phenoxy) is 1. The van der Waals surface area contributed by atoms with Gasteiger partial charge in [-0.15, -0.1) is 0 Å². The van der Waals surface area contributed by atoms with E-state index >= 15 is 0 Å². The highest BCUT2D eigenvalue weighted by atomic mass is 35.5. The number of benzene rings is 2. The van der Waals surface area contributed by atoms with Gasteiger partial charge < -0.3 is 14.9 Å². The van der Waals surface area contributed by atoms with Gasteiger partial charge in [0.2, 0.25) is 0 Å². The van der Waals surface area contributed by atoms with Crippen LogP contribution in [0.15, 0.2) is 42.5 Å². The number of nitrogens with zero attached hydrogens (tertiary/aromatic N) is 1. The highest BCUT2D eigenvalue weighted by Gasteiger charge is 2.12. The van der Waals surface area contributed by atoms with Crippen LogP contribution in [-0.4, -0.2) is 34.9 Å². The van der Waals surface area contributed by atoms with E-state index in [-0.39, 0.29) is 24.7 Å². The molecule has 5 nitrogen and oxygen atoms in total. The lowest BCUT2D eigenvalue weighted by atomic mass is 10.0. The van der Waals surface area contributed by atoms with Gasteiger partial charge in [-0.2, -0.15) is 0 Å². The normalized spacial score (nSPS) is 10.2. The molecule has 0 bridgehead atoms. The zero-order valence-electron chi connectivity index (χ0n) is 13.9. The summed E-state index contributed by atoms with van der Waals surface area (Å²) >= 11 is 5.87. The van der Waals surface area contributed by atoms with Crippen LogP contribution in [0.25, 0.3) is 22.2 Å². The van der Waals surface area contributed by atoms with Gasteiger partial charge in [-0.05, 0) is 42.8 Å². The van der Waals surface area contributed by atoms with Crippen molar-refractivity contribution in [3.05, 3.63) is 58.9 Å². The van der Waals surface area contributed by atoms with Gasteiger partial charge in [0, 0.05) is 10.9 Å². The highest BCUT2D eigenvalue weighted by Crippen LogP contribution is 2.32. The molecule has 0 aliphatic carbocycles. The third-order valence-corrected chi connectivity index (χ3v) is 3.86. The Balaban J connectivity index is 0.000000758. The molecule has 0 atom stereocenters. The number of aliphatic hydroxyl groups excluding tert-OH is 1. The number of carboxylic acid groups (broad SMARTS) is 1. The van der Waals surface area contributed by atoms with Gasteiger partial charge in [-0.3, -0.25) is 4.79 Å². The minimum absolute atomic E-state index is 0.0476. The summed E-state index contributed by atoms with van der Waals surface area (Å²) in [5.41, 5.74) is 3.05. The Morgan fingerprint density at radius 3 is 2.65 bits per heavy atom. The van der Waals surface area contributed by atoms with E-state index in [1.54, 1.807) is 0 Å². The van der Waals surface area contributed by atoms with Gasteiger partial charge in [0.25, 0.3) is 6.47 Å². The Morgan fingerprint density at radius 2 is 1.96 bits per heavy atom. The maximum atomic E-state index is 13.7. The van der Waals surface area contributed by atoms with E-state index in [9.17, 15) is 4.39 Å². The Kier molecular flexibility index (Phi) is 6.89. The Labute approximate surface area is 154 Å². The van der Waals surface area contributed by atoms with Gasteiger partial charge in [-0.25, -0.2) is 9.37 Å². The van der Waals surface area contributed by atoms with Crippen LogP contribution in [0.4, 0.5) is 4.39 Å². The van der Waals surface area contributed by atoms with E-state index in [1.807, 2.05) is 37.3 Å². The lowest BCUT2D eigenvalue weighted by molar-refractivity contribution is -0.122. The Bertz CT molecular complexity index is 917. The molecule has 0 saturated carbocycles. The monoisotopic (exact) mass is 377 g/mol. The van der Waals surface area contributed by atoms with E-state index < -0.39 is 5.82 Å². The predicted octanol–water partition coefficient (Wildman–Crippen LogP) is 4.07. The Morgan fingerprint density at radius 1 is 1.27 bits per heavy atom. The first-order valence-corrected chi connectivity index (χ1v) is 8.07. The molecule has 26 heavy (non-hydrogen) atoms. The molecular formula is C19H17ClFNO4. The van der Waals surface area contributed by atoms with Crippen molar-refractivity contribution in [2.75, 3.05) is 13.2 Å². The first kappa shape index (κ1) is 19.6. The van der Waals surface area contributed by atoms with Crippen molar-refractivity contribution in [1.82, 2.24) is 4.98 Å². The van der Waals surface area contributed by atoms with Gasteiger partial charge in [0.15, 0.2) is 0 Å². The summed E-state index contributed by atoms with van der Waals surface area (Å²) in [5.74, 6) is 0.185. The second-order valence-corrected chi connectivity index (χ2v) is 5.69. The van der Waals surface area contributed by atoms with Crippen molar-refractivity contribution in [1.29, 1.82) is 0 Å². The van der Waals surface area contributed by atoms with Crippen LogP contribution in [-0.2, 0) is 4.79 Å². The lowest BCUT2D eigenvalue weighted by Gasteiger charge is -2.12. The average Bonchev–Trinajstić information content (AvgIpc) is 2.62. The molecule has 7 heteroatoms. The third kappa shape index (κ3) is 4.47. The van der Waals surface area contributed by atoms with Crippen molar-refractivity contribution in [2.45, 2.75) is 6.92 Å². The number of aromatic nitrogens is 1. The molecule has 0 aliphatic heterocycles. The first-order chi connectivity index (χ1) is 12.5. The molecule has 1 aromatic heterocycles. The molecule has 1 heterocycles. The molecule has 0 aliphatic rings. The molecule has 0 saturated heterocycles. The van der Waals surface area contributed by atoms with Crippen LogP contribution in [0, 0.1) is 12.7 Å². The summed E-state index contributed by atoms with van der Waals surface area (Å²) in [7, 11) is 0. The molecule has 2 aromatic carbocycles. The van der Waals surface area contributed by atoms with E-state index in [1.165, 1.54) is 12.1 Å². The van der Waals surface area contributed by atoms with Crippen molar-refractivity contribution in [2.24, 2.45) is 0 Å². The summed E-state index contributed by atoms with van der Waals surface area (Å²) < 4.78 is 19.2. The number of aliphatic hydroxyl groups is 1. The zero-order chi connectivity index (χ0) is 19.1. The van der Waals surface area contributed by atoms with Crippen molar-refractivity contribution in [3.63, 3.8) is 0 Å². The van der Waals surface area contributed by atoms with Crippen LogP contribution in [0.5, 0.6) is 5.75 Å². The molecule has 3 aromatic rings. The first-order valence-electron chi connectivity index (χ1n) is 7.69. The van der Waals surface area contributed by atoms with E-state index in [4.69, 9.17) is 31.3 Å². The summed E-state index contributed by atoms with van der Waals surface area (Å²) in [4.78, 5) is 12.9. The van der Waals surface area contributed by atoms with Crippen molar-refractivity contribution >= 4 is 29.0 Å². The third-order valence-electron chi connectivity index (χ3n) is 3.57. The number of rotatable bonds is 4. The van der Waals surface area contributed by atoms with Gasteiger partial charge in [0.05, 0.1) is 22.8 Å². The second-order valence-electron chi connectivity index (χ2n) is 5.28. The molecule has 0 radical (unpaired) electrons. The number of para-hydroxylation sites is 1. The van der Waals surface area contributed by atoms with Crippen LogP contribution >= 0.6 is 11.6 Å². The maximum absolute atomic E-state index is 13.7. The Hall–Kier alpha value is -2.70. The number of carbonyl (C=O) groups is 1. The minimum atomic E-state index is -0.455. The fourth-order valence-electron chi connectivity index (χ4n) is 2.49. The standard InChI is InChI=1S/C18H15ClFNO2.CH2O2/c1-11-8-16(12-4-2-3-5-18(12)23-7-6-22)21-17-10-14(19)15(20)9-13(11)17;2-1-3/h2-5,8-10,22H,6-7H2,1H3;1H,(H,2,3). The molecular weight excluding hydrogens is 361 g/mol. The van der Waals surface area contributed by atoms with Gasteiger partial charge in [0.1, 0.15) is 18.2 Å². The molecule has 0 unspecified atom stereocenters. The number of hydrogen-bond donors (Lipinski definition) is 2. The number of halogens is 2. The predicted molar refractivity (Wildman–Crippen MR) is 98.2 cm³/mol. The summed E-state index contributed by atoms with van der Waals surface area (Å²) in [6, 6.07) is 12.3. The quantitative estimate of drug-likeness (QED) is 0.670. The maximum Gasteiger partial charge on any atom is 0.290 e. The largest absolute Gasteiger partial charge is 0.490 e. The van der Waals surface area contributed by atoms with Crippen molar-refractivity contribution in [3.8, 4) is 17.0 Å². The summed E-state index contributed by atoms with van der Waals surface area (Å²) in [5, 5.41) is 16.6. The number of fused-ring (bicyclic) bond motifs is 1. The van der Waals surface area contributed by atoms with Crippen LogP contribution in [0.3, 0.4) is 0 Å². The zero-order valence-corrected chi connectivity index (χ0v) is 14.7. The van der Waals surface area contributed by atoms with Gasteiger partial charge in [-0.1, -0.05) is 23.7 Å². The highest BCUT2D eigenvalue weighted by molar-refractivity contribution is 6.31. The van der Waals surface area contributed by atoms with Crippen LogP contribution in [0.2, 0.25) is 5.02 Å². The molecule has 3 rings (SSSR count). The minimum Gasteiger partial charge on any atom is -0.490 e. The van der Waals surface area contributed by atoms with E-state index in [2.05, 4.69) is 4.98 Å². The van der Waals surface area contributed by atoms with Crippen LogP contribution < -0.4 is 4.74 Å². The summed E-state index contributed by atoms with van der Waals surface area (Å²) in [6.07, 6.45) is 0. The fraction of sp³-hybridized carbons (Fsp3) is 0.158. The number of aryl methyl sites for hydroxylation is 1. The van der Waals surface area contributed by atoms with Crippen molar-refractivity contribution < 1.29 is 24.1 Å². The number of pyridine rings is 1. The summed E-state index contributed by atoms with van der Waals surface area (Å²) in [6.45, 7) is 1.80. The molecule has 136 valence electrons. The van der Waals surface area contributed by atoms with E-state index in [0.29, 0.717) is 17.0 Å². The molecule has 2 N–H and O–H groups in total. The SMILES string of the molecule is Cc1cc(-c2ccccc2OCCO)nc2cc(Cl)c(F)cc12.O=CO. The lowest BCUT2D eigenvalue weighted by Crippen LogP contribution is -2.03. The molecule has 0 spiro atoms. The smallest absolute Gasteiger partial charge is 0.290 e.